The van der Waals surface area contributed by atoms with Gasteiger partial charge >= 0.3 is 74.6 Å². The molecule has 5 heavy (non-hydrogen) atoms. The zero-order valence-corrected chi connectivity index (χ0v) is 4.94. The first kappa shape index (κ1) is 15.6. The van der Waals surface area contributed by atoms with Gasteiger partial charge in [-0.2, -0.15) is 0 Å². The molecule has 0 saturated heterocycles. The van der Waals surface area contributed by atoms with Gasteiger partial charge < -0.3 is 0 Å². The molecule has 0 rings (SSSR count). The Labute approximate surface area is 94.0 Å². The van der Waals surface area contributed by atoms with Crippen molar-refractivity contribution in [3.63, 3.8) is 0 Å². The van der Waals surface area contributed by atoms with Crippen LogP contribution in [0.5, 0.6) is 0 Å². The van der Waals surface area contributed by atoms with Crippen LogP contribution in [0.25, 0.3) is 0 Å². The predicted octanol–water partition coefficient (Wildman–Crippen LogP) is -1.16. The van der Waals surface area contributed by atoms with Crippen LogP contribution in [0.2, 0.25) is 0 Å². The fourth-order valence-electron chi connectivity index (χ4n) is 0. The van der Waals surface area contributed by atoms with Crippen molar-refractivity contribution in [1.82, 2.24) is 0 Å². The molecule has 0 saturated carbocycles. The number of rotatable bonds is 0. The predicted molar refractivity (Wildman–Crippen MR) is 9.92 cm³/mol. The van der Waals surface area contributed by atoms with Crippen molar-refractivity contribution in [2.75, 3.05) is 0 Å². The van der Waals surface area contributed by atoms with Gasteiger partial charge in [0, 0.05) is 21.7 Å². The van der Waals surface area contributed by atoms with Gasteiger partial charge in [-0.1, -0.05) is 0 Å². The first-order valence-electron chi connectivity index (χ1n) is 0.408. The van der Waals surface area contributed by atoms with Gasteiger partial charge in [-0.3, -0.25) is 0 Å². The molecule has 0 bridgehead atoms. The summed E-state index contributed by atoms with van der Waals surface area (Å²) < 4.78 is 17.0. The van der Waals surface area contributed by atoms with Gasteiger partial charge in [-0.25, -0.2) is 0 Å². The van der Waals surface area contributed by atoms with E-state index in [1.165, 1.54) is 0 Å². The van der Waals surface area contributed by atoms with Gasteiger partial charge in [0.1, 0.15) is 0 Å². The van der Waals surface area contributed by atoms with Crippen molar-refractivity contribution >= 4 is 48.9 Å². The fourth-order valence-corrected chi connectivity index (χ4v) is 0. The molecule has 0 amide bonds. The second-order valence-corrected chi connectivity index (χ2v) is 0.344. The smallest absolute Gasteiger partial charge is 0 e. The van der Waals surface area contributed by atoms with E-state index in [0.29, 0.717) is 0 Å². The summed E-state index contributed by atoms with van der Waals surface area (Å²) in [4.78, 5) is 0. The maximum absolute atomic E-state index is 8.50. The number of hydrogen-bond donors (Lipinski definition) is 0. The molecule has 0 radical (unpaired) electrons. The molecule has 0 unspecified atom stereocenters. The average Bonchev–Trinajstić information content (AvgIpc) is 0.918. The molecule has 24 valence electrons. The van der Waals surface area contributed by atoms with Crippen molar-refractivity contribution in [3.05, 3.63) is 0 Å². The standard InChI is InChI=1S/Ba.2O.2Ti.2H. The van der Waals surface area contributed by atoms with Crippen LogP contribution in [0, 0.1) is 0 Å². The molecular weight excluding hydrogens is 265 g/mol. The van der Waals surface area contributed by atoms with Crippen LogP contribution in [0.1, 0.15) is 0 Å². The fraction of sp³-hybridized carbons (Fsp3) is 0. The molecule has 0 aliphatic carbocycles. The van der Waals surface area contributed by atoms with Gasteiger partial charge in [0.15, 0.2) is 0 Å². The minimum absolute atomic E-state index is 0. The summed E-state index contributed by atoms with van der Waals surface area (Å²) in [7, 11) is 0. The molecule has 0 atom stereocenters. The van der Waals surface area contributed by atoms with Crippen molar-refractivity contribution in [2.45, 2.75) is 0 Å². The molecule has 2 nitrogen and oxygen atoms in total. The molecule has 0 aliphatic rings. The summed E-state index contributed by atoms with van der Waals surface area (Å²) >= 11 is -2.00. The Morgan fingerprint density at radius 2 is 1.20 bits per heavy atom. The SMILES string of the molecule is [BaH2].[O]=[Ti]=[O].[Ti]. The maximum Gasteiger partial charge on any atom is 0 e. The van der Waals surface area contributed by atoms with E-state index in [0.717, 1.165) is 0 Å². The van der Waals surface area contributed by atoms with E-state index < -0.39 is 19.1 Å². The summed E-state index contributed by atoms with van der Waals surface area (Å²) in [6, 6.07) is 0. The van der Waals surface area contributed by atoms with E-state index in [-0.39, 0.29) is 70.6 Å². The van der Waals surface area contributed by atoms with E-state index in [1.807, 2.05) is 0 Å². The van der Waals surface area contributed by atoms with E-state index in [1.54, 1.807) is 0 Å². The molecular formula is H2BaO2Ti2. The Morgan fingerprint density at radius 3 is 1.20 bits per heavy atom. The summed E-state index contributed by atoms with van der Waals surface area (Å²) in [5.41, 5.74) is 0. The Balaban J connectivity index is -0.0000000200. The molecule has 0 heterocycles. The Bertz CT molecular complexity index is 28.6. The normalized spacial score (nSPS) is 1.60. The van der Waals surface area contributed by atoms with E-state index >= 15 is 0 Å². The molecule has 0 spiro atoms. The van der Waals surface area contributed by atoms with Crippen molar-refractivity contribution in [3.8, 4) is 0 Å². The average molecular weight is 267 g/mol. The van der Waals surface area contributed by atoms with Crippen LogP contribution in [0.15, 0.2) is 0 Å². The van der Waals surface area contributed by atoms with Crippen LogP contribution in [0.3, 0.4) is 0 Å². The molecule has 5 heteroatoms. The van der Waals surface area contributed by atoms with E-state index in [2.05, 4.69) is 0 Å². The third kappa shape index (κ3) is 20.7. The summed E-state index contributed by atoms with van der Waals surface area (Å²) in [5, 5.41) is 0. The van der Waals surface area contributed by atoms with Gasteiger partial charge in [0.05, 0.1) is 0 Å². The second kappa shape index (κ2) is 16.0. The Kier molecular flexibility index (Phi) is 50.0. The largest absolute Gasteiger partial charge is 0 e. The van der Waals surface area contributed by atoms with Gasteiger partial charge in [0.25, 0.3) is 0 Å². The van der Waals surface area contributed by atoms with Crippen LogP contribution >= 0.6 is 0 Å². The quantitative estimate of drug-likeness (QED) is 0.519. The van der Waals surface area contributed by atoms with E-state index in [9.17, 15) is 0 Å². The van der Waals surface area contributed by atoms with Crippen molar-refractivity contribution < 1.29 is 47.5 Å². The first-order chi connectivity index (χ1) is 1.41. The van der Waals surface area contributed by atoms with Gasteiger partial charge in [-0.05, 0) is 0 Å². The van der Waals surface area contributed by atoms with Crippen LogP contribution in [0.4, 0.5) is 0 Å². The Hall–Kier alpha value is 2.60. The monoisotopic (exact) mass is 268 g/mol. The van der Waals surface area contributed by atoms with Crippen LogP contribution < -0.4 is 0 Å². The topological polar surface area (TPSA) is 34.1 Å². The van der Waals surface area contributed by atoms with E-state index in [4.69, 9.17) is 6.65 Å². The minimum atomic E-state index is -2.00. The molecule has 0 aromatic heterocycles. The molecule has 0 aromatic carbocycles. The van der Waals surface area contributed by atoms with Crippen LogP contribution in [-0.4, -0.2) is 48.9 Å². The third-order valence-corrected chi connectivity index (χ3v) is 0. The zero-order chi connectivity index (χ0) is 2.71. The minimum Gasteiger partial charge on any atom is 0 e. The summed E-state index contributed by atoms with van der Waals surface area (Å²) in [6.07, 6.45) is 0. The number of hydrogen-bond acceptors (Lipinski definition) is 2. The van der Waals surface area contributed by atoms with Crippen LogP contribution in [-0.2, 0) is 47.5 Å². The first-order valence-corrected chi connectivity index (χ1v) is 1.68. The maximum atomic E-state index is 8.50. The van der Waals surface area contributed by atoms with Gasteiger partial charge in [-0.15, -0.1) is 0 Å². The van der Waals surface area contributed by atoms with Gasteiger partial charge in [0.2, 0.25) is 0 Å². The molecule has 0 aliphatic heterocycles. The second-order valence-electron chi connectivity index (χ2n) is 0.0833. The summed E-state index contributed by atoms with van der Waals surface area (Å²) in [6.45, 7) is 0. The Morgan fingerprint density at radius 1 is 1.20 bits per heavy atom. The third-order valence-electron chi connectivity index (χ3n) is 0. The van der Waals surface area contributed by atoms with Crippen molar-refractivity contribution in [1.29, 1.82) is 0 Å². The van der Waals surface area contributed by atoms with Crippen molar-refractivity contribution in [2.24, 2.45) is 0 Å². The summed E-state index contributed by atoms with van der Waals surface area (Å²) in [5.74, 6) is 0. The molecule has 0 N–H and O–H groups in total. The molecule has 0 aromatic rings. The zero-order valence-electron chi connectivity index (χ0n) is 1.82. The molecule has 0 fully saturated rings.